The number of nitrogens with one attached hydrogen (secondary N) is 2. The molecule has 0 fully saturated rings. The smallest absolute Gasteiger partial charge is 0.347 e. The number of anilines is 1. The van der Waals surface area contributed by atoms with Crippen LogP contribution in [0, 0.1) is 11.6 Å². The van der Waals surface area contributed by atoms with E-state index < -0.39 is 45.2 Å². The van der Waals surface area contributed by atoms with Crippen LogP contribution in [0.25, 0.3) is 5.78 Å². The van der Waals surface area contributed by atoms with Gasteiger partial charge in [0.2, 0.25) is 11.6 Å². The lowest BCUT2D eigenvalue weighted by Crippen LogP contribution is -2.46. The molecule has 2 aromatic heterocycles. The van der Waals surface area contributed by atoms with Crippen molar-refractivity contribution in [3.05, 3.63) is 63.3 Å². The molecule has 0 saturated heterocycles. The maximum atomic E-state index is 14.7. The summed E-state index contributed by atoms with van der Waals surface area (Å²) in [6.07, 6.45) is 1.59. The van der Waals surface area contributed by atoms with Gasteiger partial charge in [-0.2, -0.15) is 31.1 Å². The number of aryl methyl sites for hydroxylation is 1. The Morgan fingerprint density at radius 3 is 2.51 bits per heavy atom. The van der Waals surface area contributed by atoms with E-state index in [1.54, 1.807) is 6.92 Å². The van der Waals surface area contributed by atoms with E-state index in [9.17, 15) is 40.0 Å². The number of hydrogen-bond donors (Lipinski definition) is 2. The standard InChI is InChI=1S/C20H18F5N7O4S/c1-2-14-16(31-9-13(22)17(33)29-19(31)28-14)18(34)26-8-11-3-4-15(12(21)7-11)32-6-5-30(10-27-32)37(35,36)20(23,24)25/h3-4,7,9-10H,2,5-6,8H2,1H3,(H,26,34)(H,28,29,33). The largest absolute Gasteiger partial charge is 0.516 e. The fourth-order valence-electron chi connectivity index (χ4n) is 3.58. The third-order valence-electron chi connectivity index (χ3n) is 5.41. The minimum Gasteiger partial charge on any atom is -0.347 e. The van der Waals surface area contributed by atoms with Crippen LogP contribution in [0.5, 0.6) is 0 Å². The van der Waals surface area contributed by atoms with Gasteiger partial charge in [0.15, 0.2) is 0 Å². The summed E-state index contributed by atoms with van der Waals surface area (Å²) in [5.74, 6) is -2.61. The normalized spacial score (nSPS) is 14.4. The van der Waals surface area contributed by atoms with Crippen LogP contribution in [0.2, 0.25) is 0 Å². The summed E-state index contributed by atoms with van der Waals surface area (Å²) in [6.45, 7) is 0.611. The van der Waals surface area contributed by atoms with E-state index in [2.05, 4.69) is 20.4 Å². The number of carbonyl (C=O) groups excluding carboxylic acids is 1. The summed E-state index contributed by atoms with van der Waals surface area (Å²) in [7, 11) is -5.60. The second-order valence-corrected chi connectivity index (χ2v) is 9.65. The first kappa shape index (κ1) is 26.1. The van der Waals surface area contributed by atoms with Gasteiger partial charge in [-0.3, -0.25) is 24.0 Å². The first-order chi connectivity index (χ1) is 17.3. The van der Waals surface area contributed by atoms with Crippen LogP contribution in [-0.2, 0) is 23.0 Å². The van der Waals surface area contributed by atoms with Crippen molar-refractivity contribution in [3.63, 3.8) is 0 Å². The van der Waals surface area contributed by atoms with Crippen molar-refractivity contribution in [2.75, 3.05) is 18.1 Å². The Morgan fingerprint density at radius 1 is 1.19 bits per heavy atom. The first-order valence-electron chi connectivity index (χ1n) is 10.6. The number of hydrogen-bond acceptors (Lipinski definition) is 7. The molecule has 3 heterocycles. The van der Waals surface area contributed by atoms with Crippen molar-refractivity contribution in [2.24, 2.45) is 5.10 Å². The van der Waals surface area contributed by atoms with Crippen molar-refractivity contribution in [1.29, 1.82) is 0 Å². The van der Waals surface area contributed by atoms with Gasteiger partial charge in [0, 0.05) is 6.54 Å². The zero-order chi connectivity index (χ0) is 27.1. The van der Waals surface area contributed by atoms with E-state index >= 15 is 0 Å². The van der Waals surface area contributed by atoms with Gasteiger partial charge >= 0.3 is 15.5 Å². The molecule has 11 nitrogen and oxygen atoms in total. The Labute approximate surface area is 205 Å². The molecule has 2 N–H and O–H groups in total. The van der Waals surface area contributed by atoms with Gasteiger partial charge in [0.05, 0.1) is 30.7 Å². The number of fused-ring (bicyclic) bond motifs is 1. The number of halogens is 5. The number of sulfonamides is 1. The minimum atomic E-state index is -5.60. The second kappa shape index (κ2) is 9.45. The number of nitrogens with zero attached hydrogens (tertiary/aromatic N) is 5. The van der Waals surface area contributed by atoms with Crippen LogP contribution in [0.3, 0.4) is 0 Å². The summed E-state index contributed by atoms with van der Waals surface area (Å²) in [5, 5.41) is 7.16. The Balaban J connectivity index is 1.48. The highest BCUT2D eigenvalue weighted by molar-refractivity contribution is 7.90. The average Bonchev–Trinajstić information content (AvgIpc) is 3.19. The Hall–Kier alpha value is -4.02. The molecule has 0 aliphatic carbocycles. The number of amides is 1. The van der Waals surface area contributed by atoms with E-state index in [1.807, 2.05) is 0 Å². The zero-order valence-electron chi connectivity index (χ0n) is 18.9. The Kier molecular flexibility index (Phi) is 6.66. The van der Waals surface area contributed by atoms with Gasteiger partial charge in [-0.15, -0.1) is 0 Å². The highest BCUT2D eigenvalue weighted by Gasteiger charge is 2.50. The molecule has 1 amide bonds. The topological polar surface area (TPSA) is 132 Å². The maximum absolute atomic E-state index is 14.7. The monoisotopic (exact) mass is 547 g/mol. The van der Waals surface area contributed by atoms with Crippen LogP contribution in [0.4, 0.5) is 27.6 Å². The lowest BCUT2D eigenvalue weighted by molar-refractivity contribution is -0.0471. The lowest BCUT2D eigenvalue weighted by atomic mass is 10.1. The highest BCUT2D eigenvalue weighted by Crippen LogP contribution is 2.28. The Morgan fingerprint density at radius 2 is 1.92 bits per heavy atom. The van der Waals surface area contributed by atoms with Gasteiger partial charge in [0.1, 0.15) is 17.8 Å². The molecular weight excluding hydrogens is 529 g/mol. The van der Waals surface area contributed by atoms with Crippen molar-refractivity contribution < 1.29 is 35.2 Å². The quantitative estimate of drug-likeness (QED) is 0.452. The number of hydrazone groups is 1. The van der Waals surface area contributed by atoms with Crippen molar-refractivity contribution in [1.82, 2.24) is 24.0 Å². The molecule has 1 aliphatic heterocycles. The number of aromatic nitrogens is 3. The molecule has 1 aliphatic rings. The number of benzene rings is 1. The van der Waals surface area contributed by atoms with Crippen molar-refractivity contribution in [2.45, 2.75) is 25.4 Å². The number of rotatable bonds is 6. The average molecular weight is 547 g/mol. The first-order valence-corrected chi connectivity index (χ1v) is 12.0. The zero-order valence-corrected chi connectivity index (χ0v) is 19.7. The summed E-state index contributed by atoms with van der Waals surface area (Å²) in [6, 6.07) is 3.77. The highest BCUT2D eigenvalue weighted by atomic mass is 32.2. The molecule has 0 radical (unpaired) electrons. The van der Waals surface area contributed by atoms with E-state index in [0.29, 0.717) is 24.0 Å². The molecule has 3 aromatic rings. The van der Waals surface area contributed by atoms with Gasteiger partial charge < -0.3 is 5.32 Å². The fraction of sp³-hybridized carbons (Fsp3) is 0.300. The van der Waals surface area contributed by atoms with Crippen LogP contribution in [0.1, 0.15) is 28.7 Å². The van der Waals surface area contributed by atoms with Crippen LogP contribution >= 0.6 is 0 Å². The van der Waals surface area contributed by atoms with Crippen molar-refractivity contribution >= 4 is 33.7 Å². The molecule has 0 bridgehead atoms. The van der Waals surface area contributed by atoms with E-state index in [-0.39, 0.29) is 34.6 Å². The predicted octanol–water partition coefficient (Wildman–Crippen LogP) is 1.71. The van der Waals surface area contributed by atoms with Gasteiger partial charge in [-0.25, -0.2) is 13.7 Å². The van der Waals surface area contributed by atoms with Gasteiger partial charge in [-0.05, 0) is 24.1 Å². The third-order valence-corrected chi connectivity index (χ3v) is 6.89. The van der Waals surface area contributed by atoms with E-state index in [0.717, 1.165) is 21.7 Å². The summed E-state index contributed by atoms with van der Waals surface area (Å²) in [4.78, 5) is 30.6. The Bertz CT molecular complexity index is 1570. The third kappa shape index (κ3) is 4.85. The second-order valence-electron chi connectivity index (χ2n) is 7.77. The summed E-state index contributed by atoms with van der Waals surface area (Å²) >= 11 is 0. The molecular formula is C20H18F5N7O4S. The van der Waals surface area contributed by atoms with E-state index in [1.165, 1.54) is 12.1 Å². The molecule has 0 spiro atoms. The van der Waals surface area contributed by atoms with Gasteiger partial charge in [-0.1, -0.05) is 13.0 Å². The SMILES string of the molecule is CCc1nc2[nH]c(=O)c(F)cn2c1C(=O)NCc1ccc(N2CCN(S(=O)(=O)C(F)(F)F)C=N2)c(F)c1. The number of alkyl halides is 3. The molecule has 0 atom stereocenters. The number of carbonyl (C=O) groups is 1. The van der Waals surface area contributed by atoms with Crippen molar-refractivity contribution in [3.8, 4) is 0 Å². The van der Waals surface area contributed by atoms with Gasteiger partial charge in [0.25, 0.3) is 11.5 Å². The molecule has 0 saturated carbocycles. The lowest BCUT2D eigenvalue weighted by Gasteiger charge is -2.29. The minimum absolute atomic E-state index is 0.00856. The summed E-state index contributed by atoms with van der Waals surface area (Å²) in [5.41, 5.74) is -6.01. The number of H-pyrrole nitrogens is 1. The molecule has 1 aromatic carbocycles. The fourth-order valence-corrected chi connectivity index (χ4v) is 4.33. The summed E-state index contributed by atoms with van der Waals surface area (Å²) < 4.78 is 90.6. The van der Waals surface area contributed by atoms with Crippen LogP contribution in [0.15, 0.2) is 34.3 Å². The van der Waals surface area contributed by atoms with Crippen LogP contribution in [-0.4, -0.2) is 57.9 Å². The predicted molar refractivity (Wildman–Crippen MR) is 120 cm³/mol. The molecule has 4 rings (SSSR count). The number of imidazole rings is 1. The number of aromatic amines is 1. The molecule has 17 heteroatoms. The maximum Gasteiger partial charge on any atom is 0.516 e. The van der Waals surface area contributed by atoms with E-state index in [4.69, 9.17) is 0 Å². The molecule has 198 valence electrons. The van der Waals surface area contributed by atoms with Crippen LogP contribution < -0.4 is 15.9 Å². The molecule has 37 heavy (non-hydrogen) atoms. The molecule has 0 unspecified atom stereocenters.